The number of aryl methyl sites for hydroxylation is 1. The molecule has 1 heterocycles. The largest absolute Gasteiger partial charge is 0.493 e. The Hall–Kier alpha value is -2.58. The van der Waals surface area contributed by atoms with Crippen LogP contribution in [0.4, 0.5) is 16.5 Å². The molecule has 0 saturated carbocycles. The lowest BCUT2D eigenvalue weighted by Crippen LogP contribution is -2.05. The summed E-state index contributed by atoms with van der Waals surface area (Å²) in [5.74, 6) is 1.76. The van der Waals surface area contributed by atoms with Gasteiger partial charge in [0.2, 0.25) is 11.0 Å². The Balaban J connectivity index is 1.43. The van der Waals surface area contributed by atoms with Crippen molar-refractivity contribution in [3.05, 3.63) is 54.1 Å². The highest BCUT2D eigenvalue weighted by molar-refractivity contribution is 8.01. The van der Waals surface area contributed by atoms with Crippen LogP contribution in [0.3, 0.4) is 0 Å². The van der Waals surface area contributed by atoms with Gasteiger partial charge in [-0.25, -0.2) is 0 Å². The zero-order valence-corrected chi connectivity index (χ0v) is 17.4. The summed E-state index contributed by atoms with van der Waals surface area (Å²) in [6.07, 6.45) is 0.931. The van der Waals surface area contributed by atoms with Gasteiger partial charge in [-0.1, -0.05) is 47.4 Å². The number of ether oxygens (including phenoxy) is 1. The molecule has 0 unspecified atom stereocenters. The fourth-order valence-corrected chi connectivity index (χ4v) is 4.19. The van der Waals surface area contributed by atoms with Gasteiger partial charge in [-0.15, -0.1) is 10.2 Å². The Morgan fingerprint density at radius 1 is 1.14 bits per heavy atom. The van der Waals surface area contributed by atoms with Crippen molar-refractivity contribution in [2.75, 3.05) is 23.0 Å². The van der Waals surface area contributed by atoms with Crippen LogP contribution >= 0.6 is 23.1 Å². The lowest BCUT2D eigenvalue weighted by atomic mass is 10.2. The number of para-hydroxylation sites is 1. The molecule has 3 aromatic rings. The number of nitrogens with one attached hydrogen (secondary N) is 2. The van der Waals surface area contributed by atoms with Crippen LogP contribution in [0.1, 0.15) is 18.9 Å². The zero-order valence-electron chi connectivity index (χ0n) is 15.8. The molecular formula is C20H22N4O2S2. The molecular weight excluding hydrogens is 392 g/mol. The molecule has 146 valence electrons. The van der Waals surface area contributed by atoms with Gasteiger partial charge in [-0.05, 0) is 43.2 Å². The van der Waals surface area contributed by atoms with Crippen LogP contribution in [-0.2, 0) is 4.79 Å². The first-order valence-electron chi connectivity index (χ1n) is 8.89. The lowest BCUT2D eigenvalue weighted by molar-refractivity contribution is -0.114. The quantitative estimate of drug-likeness (QED) is 0.374. The maximum absolute atomic E-state index is 11.2. The van der Waals surface area contributed by atoms with Crippen LogP contribution in [0.5, 0.6) is 5.75 Å². The molecule has 3 rings (SSSR count). The van der Waals surface area contributed by atoms with E-state index in [0.29, 0.717) is 6.61 Å². The fraction of sp³-hybridized carbons (Fsp3) is 0.250. The highest BCUT2D eigenvalue weighted by Crippen LogP contribution is 2.29. The molecule has 0 spiro atoms. The first-order valence-corrected chi connectivity index (χ1v) is 10.7. The van der Waals surface area contributed by atoms with Crippen molar-refractivity contribution in [2.24, 2.45) is 0 Å². The summed E-state index contributed by atoms with van der Waals surface area (Å²) < 4.78 is 6.72. The highest BCUT2D eigenvalue weighted by atomic mass is 32.2. The van der Waals surface area contributed by atoms with E-state index in [0.717, 1.165) is 44.3 Å². The number of hydrogen-bond donors (Lipinski definition) is 2. The second kappa shape index (κ2) is 10.1. The Morgan fingerprint density at radius 2 is 1.96 bits per heavy atom. The predicted molar refractivity (Wildman–Crippen MR) is 116 cm³/mol. The summed E-state index contributed by atoms with van der Waals surface area (Å²) in [6.45, 7) is 4.21. The number of thioether (sulfide) groups is 1. The summed E-state index contributed by atoms with van der Waals surface area (Å²) in [5.41, 5.74) is 2.74. The number of nitrogens with zero attached hydrogens (tertiary/aromatic N) is 2. The third kappa shape index (κ3) is 6.24. The van der Waals surface area contributed by atoms with Gasteiger partial charge >= 0.3 is 0 Å². The minimum Gasteiger partial charge on any atom is -0.493 e. The average molecular weight is 415 g/mol. The van der Waals surface area contributed by atoms with E-state index >= 15 is 0 Å². The van der Waals surface area contributed by atoms with E-state index in [-0.39, 0.29) is 5.91 Å². The Bertz CT molecular complexity index is 930. The van der Waals surface area contributed by atoms with E-state index in [2.05, 4.69) is 20.8 Å². The van der Waals surface area contributed by atoms with Gasteiger partial charge in [0.1, 0.15) is 5.75 Å². The van der Waals surface area contributed by atoms with Gasteiger partial charge < -0.3 is 15.4 Å². The van der Waals surface area contributed by atoms with E-state index in [1.165, 1.54) is 18.3 Å². The number of rotatable bonds is 9. The highest BCUT2D eigenvalue weighted by Gasteiger charge is 2.06. The minimum absolute atomic E-state index is 0.0989. The van der Waals surface area contributed by atoms with Gasteiger partial charge in [-0.3, -0.25) is 4.79 Å². The molecule has 0 atom stereocenters. The second-order valence-corrected chi connectivity index (χ2v) is 8.40. The molecule has 1 aromatic heterocycles. The van der Waals surface area contributed by atoms with Crippen molar-refractivity contribution >= 4 is 45.5 Å². The van der Waals surface area contributed by atoms with Gasteiger partial charge in [0.25, 0.3) is 0 Å². The molecule has 28 heavy (non-hydrogen) atoms. The summed E-state index contributed by atoms with van der Waals surface area (Å²) in [5, 5.41) is 15.1. The van der Waals surface area contributed by atoms with Gasteiger partial charge in [0.15, 0.2) is 4.34 Å². The van der Waals surface area contributed by atoms with Crippen LogP contribution in [0.25, 0.3) is 0 Å². The van der Waals surface area contributed by atoms with E-state index in [1.807, 2.05) is 55.5 Å². The van der Waals surface area contributed by atoms with Crippen molar-refractivity contribution in [1.82, 2.24) is 10.2 Å². The first-order chi connectivity index (χ1) is 13.6. The molecule has 0 aliphatic heterocycles. The van der Waals surface area contributed by atoms with Crippen molar-refractivity contribution in [3.8, 4) is 5.75 Å². The van der Waals surface area contributed by atoms with Crippen LogP contribution in [0, 0.1) is 6.92 Å². The maximum Gasteiger partial charge on any atom is 0.221 e. The molecule has 0 radical (unpaired) electrons. The second-order valence-electron chi connectivity index (χ2n) is 6.08. The van der Waals surface area contributed by atoms with E-state index in [1.54, 1.807) is 11.8 Å². The SMILES string of the molecule is CC(=O)Nc1cccc(Nc2nnc(SCCCOc3ccccc3C)s2)c1. The summed E-state index contributed by atoms with van der Waals surface area (Å²) in [4.78, 5) is 11.2. The number of hydrogen-bond acceptors (Lipinski definition) is 7. The minimum atomic E-state index is -0.0989. The van der Waals surface area contributed by atoms with E-state index in [4.69, 9.17) is 4.74 Å². The van der Waals surface area contributed by atoms with Crippen LogP contribution in [-0.4, -0.2) is 28.5 Å². The normalized spacial score (nSPS) is 10.5. The topological polar surface area (TPSA) is 76.1 Å². The Kier molecular flexibility index (Phi) is 7.27. The molecule has 1 amide bonds. The van der Waals surface area contributed by atoms with Crippen molar-refractivity contribution in [3.63, 3.8) is 0 Å². The molecule has 8 heteroatoms. The van der Waals surface area contributed by atoms with Crippen LogP contribution < -0.4 is 15.4 Å². The summed E-state index contributed by atoms with van der Waals surface area (Å²) in [6, 6.07) is 15.5. The monoisotopic (exact) mass is 414 g/mol. The number of benzene rings is 2. The predicted octanol–water partition coefficient (Wildman–Crippen LogP) is 5.11. The van der Waals surface area contributed by atoms with Gasteiger partial charge in [-0.2, -0.15) is 0 Å². The van der Waals surface area contributed by atoms with Crippen LogP contribution in [0.2, 0.25) is 0 Å². The van der Waals surface area contributed by atoms with Crippen molar-refractivity contribution in [1.29, 1.82) is 0 Å². The number of amides is 1. The van der Waals surface area contributed by atoms with Crippen molar-refractivity contribution < 1.29 is 9.53 Å². The molecule has 0 aliphatic rings. The number of carbonyl (C=O) groups is 1. The molecule has 2 aromatic carbocycles. The molecule has 6 nitrogen and oxygen atoms in total. The van der Waals surface area contributed by atoms with Crippen molar-refractivity contribution in [2.45, 2.75) is 24.6 Å². The maximum atomic E-state index is 11.2. The summed E-state index contributed by atoms with van der Waals surface area (Å²) in [7, 11) is 0. The first kappa shape index (κ1) is 20.2. The number of aromatic nitrogens is 2. The Labute approximate surface area is 172 Å². The van der Waals surface area contributed by atoms with Gasteiger partial charge in [0.05, 0.1) is 6.61 Å². The molecule has 0 saturated heterocycles. The average Bonchev–Trinajstić information content (AvgIpc) is 3.10. The molecule has 2 N–H and O–H groups in total. The summed E-state index contributed by atoms with van der Waals surface area (Å²) >= 11 is 3.18. The van der Waals surface area contributed by atoms with Gasteiger partial charge in [0, 0.05) is 24.1 Å². The fourth-order valence-electron chi connectivity index (χ4n) is 2.44. The van der Waals surface area contributed by atoms with E-state index < -0.39 is 0 Å². The van der Waals surface area contributed by atoms with Crippen LogP contribution in [0.15, 0.2) is 52.9 Å². The molecule has 0 aliphatic carbocycles. The molecule has 0 fully saturated rings. The standard InChI is InChI=1S/C20H22N4O2S2/c1-14-7-3-4-10-18(14)26-11-6-12-27-20-24-23-19(28-20)22-17-9-5-8-16(13-17)21-15(2)25/h3-5,7-10,13H,6,11-12H2,1-2H3,(H,21,25)(H,22,23). The third-order valence-electron chi connectivity index (χ3n) is 3.71. The third-order valence-corrected chi connectivity index (χ3v) is 5.76. The Morgan fingerprint density at radius 3 is 2.79 bits per heavy atom. The number of carbonyl (C=O) groups excluding carboxylic acids is 1. The number of anilines is 3. The smallest absolute Gasteiger partial charge is 0.221 e. The zero-order chi connectivity index (χ0) is 19.8. The lowest BCUT2D eigenvalue weighted by Gasteiger charge is -2.07. The van der Waals surface area contributed by atoms with E-state index in [9.17, 15) is 4.79 Å². The molecule has 0 bridgehead atoms.